The molecule has 0 spiro atoms. The molecule has 3 heterocycles. The molecular formula is C21H22N4O5. The number of nitrogens with zero attached hydrogens (tertiary/aromatic N) is 3. The Morgan fingerprint density at radius 2 is 1.90 bits per heavy atom. The van der Waals surface area contributed by atoms with Crippen molar-refractivity contribution in [2.45, 2.75) is 13.8 Å². The molecule has 1 aliphatic heterocycles. The Balaban J connectivity index is 1.63. The van der Waals surface area contributed by atoms with Crippen LogP contribution in [0.3, 0.4) is 0 Å². The van der Waals surface area contributed by atoms with E-state index >= 15 is 0 Å². The van der Waals surface area contributed by atoms with Crippen LogP contribution in [0.15, 0.2) is 35.0 Å². The maximum absolute atomic E-state index is 13.1. The van der Waals surface area contributed by atoms with E-state index < -0.39 is 5.97 Å². The molecule has 1 aliphatic rings. The van der Waals surface area contributed by atoms with Crippen LogP contribution in [0.1, 0.15) is 33.4 Å². The number of hydrogen-bond donors (Lipinski definition) is 1. The molecule has 0 atom stereocenters. The Morgan fingerprint density at radius 3 is 2.60 bits per heavy atom. The number of carbonyl (C=O) groups excluding carboxylic acids is 2. The van der Waals surface area contributed by atoms with Crippen molar-refractivity contribution in [1.82, 2.24) is 9.97 Å². The van der Waals surface area contributed by atoms with Crippen molar-refractivity contribution in [3.8, 4) is 0 Å². The van der Waals surface area contributed by atoms with Gasteiger partial charge in [-0.3, -0.25) is 4.79 Å². The molecule has 0 aliphatic carbocycles. The Hall–Kier alpha value is -3.46. The molecule has 30 heavy (non-hydrogen) atoms. The van der Waals surface area contributed by atoms with Crippen molar-refractivity contribution in [2.75, 3.05) is 43.1 Å². The second-order valence-corrected chi connectivity index (χ2v) is 6.76. The van der Waals surface area contributed by atoms with E-state index in [4.69, 9.17) is 13.9 Å². The Kier molecular flexibility index (Phi) is 5.62. The lowest BCUT2D eigenvalue weighted by molar-refractivity contribution is 0.0526. The summed E-state index contributed by atoms with van der Waals surface area (Å²) in [7, 11) is 0. The number of aryl methyl sites for hydroxylation is 1. The van der Waals surface area contributed by atoms with E-state index in [0.29, 0.717) is 72.4 Å². The van der Waals surface area contributed by atoms with Gasteiger partial charge in [-0.05, 0) is 38.1 Å². The third kappa shape index (κ3) is 3.84. The first-order valence-electron chi connectivity index (χ1n) is 9.73. The number of hydrogen-bond acceptors (Lipinski definition) is 8. The zero-order valence-electron chi connectivity index (χ0n) is 16.8. The van der Waals surface area contributed by atoms with Gasteiger partial charge in [0.2, 0.25) is 5.71 Å². The number of furan rings is 1. The molecule has 1 fully saturated rings. The first-order valence-corrected chi connectivity index (χ1v) is 9.73. The van der Waals surface area contributed by atoms with Crippen molar-refractivity contribution in [2.24, 2.45) is 0 Å². The second-order valence-electron chi connectivity index (χ2n) is 6.76. The van der Waals surface area contributed by atoms with E-state index in [-0.39, 0.29) is 5.91 Å². The Labute approximate surface area is 173 Å². The van der Waals surface area contributed by atoms with Gasteiger partial charge in [-0.2, -0.15) is 0 Å². The molecule has 1 amide bonds. The molecular weight excluding hydrogens is 388 g/mol. The van der Waals surface area contributed by atoms with Crippen LogP contribution in [0.5, 0.6) is 0 Å². The molecule has 1 saturated heterocycles. The van der Waals surface area contributed by atoms with Gasteiger partial charge in [0, 0.05) is 18.8 Å². The van der Waals surface area contributed by atoms with Gasteiger partial charge in [0.05, 0.1) is 36.3 Å². The number of esters is 1. The number of carbonyl (C=O) groups is 2. The minimum atomic E-state index is -0.403. The number of rotatable bonds is 5. The minimum Gasteiger partial charge on any atom is -0.462 e. The van der Waals surface area contributed by atoms with Gasteiger partial charge in [0.25, 0.3) is 5.91 Å². The van der Waals surface area contributed by atoms with E-state index in [1.54, 1.807) is 38.1 Å². The lowest BCUT2D eigenvalue weighted by atomic mass is 10.1. The molecule has 3 aromatic rings. The average molecular weight is 410 g/mol. The number of anilines is 2. The van der Waals surface area contributed by atoms with Crippen LogP contribution < -0.4 is 10.2 Å². The zero-order chi connectivity index (χ0) is 21.1. The molecule has 156 valence electrons. The highest BCUT2D eigenvalue weighted by atomic mass is 16.5. The first kappa shape index (κ1) is 19.8. The maximum Gasteiger partial charge on any atom is 0.338 e. The highest BCUT2D eigenvalue weighted by Gasteiger charge is 2.26. The molecule has 9 heteroatoms. The third-order valence-electron chi connectivity index (χ3n) is 4.84. The lowest BCUT2D eigenvalue weighted by Crippen LogP contribution is -2.37. The van der Waals surface area contributed by atoms with Crippen LogP contribution in [-0.4, -0.2) is 54.8 Å². The summed E-state index contributed by atoms with van der Waals surface area (Å²) in [4.78, 5) is 35.6. The number of fused-ring (bicyclic) bond motifs is 1. The highest BCUT2D eigenvalue weighted by Crippen LogP contribution is 2.32. The lowest BCUT2D eigenvalue weighted by Gasteiger charge is -2.28. The van der Waals surface area contributed by atoms with Gasteiger partial charge in [0.15, 0.2) is 0 Å². The van der Waals surface area contributed by atoms with Crippen molar-refractivity contribution < 1.29 is 23.5 Å². The molecule has 2 aromatic heterocycles. The standard InChI is InChI=1S/C21H22N4O5/c1-3-29-21(27)14-4-6-15(7-5-14)24-19(26)16-13(2)30-20-17(16)18(22-12-23-20)25-8-10-28-11-9-25/h4-7,12H,3,8-11H2,1-2H3,(H,24,26). The van der Waals surface area contributed by atoms with Crippen LogP contribution in [0.25, 0.3) is 11.1 Å². The molecule has 1 aromatic carbocycles. The summed E-state index contributed by atoms with van der Waals surface area (Å²) in [5, 5.41) is 3.44. The second kappa shape index (κ2) is 8.50. The molecule has 0 bridgehead atoms. The normalized spacial score (nSPS) is 14.0. The zero-order valence-corrected chi connectivity index (χ0v) is 16.8. The molecule has 9 nitrogen and oxygen atoms in total. The number of benzene rings is 1. The van der Waals surface area contributed by atoms with Crippen LogP contribution in [0.4, 0.5) is 11.5 Å². The maximum atomic E-state index is 13.1. The molecule has 0 saturated carbocycles. The first-order chi connectivity index (χ1) is 14.6. The summed E-state index contributed by atoms with van der Waals surface area (Å²) in [5.74, 6) is 0.377. The van der Waals surface area contributed by atoms with Crippen molar-refractivity contribution in [3.63, 3.8) is 0 Å². The van der Waals surface area contributed by atoms with Crippen molar-refractivity contribution >= 4 is 34.5 Å². The van der Waals surface area contributed by atoms with Crippen molar-refractivity contribution in [3.05, 3.63) is 47.5 Å². The van der Waals surface area contributed by atoms with Gasteiger partial charge in [0.1, 0.15) is 17.9 Å². The summed E-state index contributed by atoms with van der Waals surface area (Å²) in [6, 6.07) is 6.52. The largest absolute Gasteiger partial charge is 0.462 e. The fourth-order valence-corrected chi connectivity index (χ4v) is 3.41. The van der Waals surface area contributed by atoms with Gasteiger partial charge in [-0.15, -0.1) is 0 Å². The smallest absolute Gasteiger partial charge is 0.338 e. The summed E-state index contributed by atoms with van der Waals surface area (Å²) < 4.78 is 16.1. The van der Waals surface area contributed by atoms with Crippen LogP contribution in [-0.2, 0) is 9.47 Å². The van der Waals surface area contributed by atoms with Crippen molar-refractivity contribution in [1.29, 1.82) is 0 Å². The van der Waals surface area contributed by atoms with E-state index in [2.05, 4.69) is 20.2 Å². The highest BCUT2D eigenvalue weighted by molar-refractivity contribution is 6.15. The monoisotopic (exact) mass is 410 g/mol. The fraction of sp³-hybridized carbons (Fsp3) is 0.333. The average Bonchev–Trinajstić information content (AvgIpc) is 3.11. The number of morpholine rings is 1. The molecule has 1 N–H and O–H groups in total. The number of nitrogens with one attached hydrogen (secondary N) is 1. The molecule has 0 unspecified atom stereocenters. The number of amides is 1. The number of aromatic nitrogens is 2. The predicted molar refractivity (Wildman–Crippen MR) is 110 cm³/mol. The van der Waals surface area contributed by atoms with Gasteiger partial charge < -0.3 is 24.1 Å². The van der Waals surface area contributed by atoms with Gasteiger partial charge in [-0.1, -0.05) is 0 Å². The van der Waals surface area contributed by atoms with E-state index in [1.807, 2.05) is 0 Å². The van der Waals surface area contributed by atoms with Crippen LogP contribution in [0, 0.1) is 6.92 Å². The van der Waals surface area contributed by atoms with Crippen LogP contribution >= 0.6 is 0 Å². The predicted octanol–water partition coefficient (Wildman–Crippen LogP) is 2.80. The summed E-state index contributed by atoms with van der Waals surface area (Å²) >= 11 is 0. The van der Waals surface area contributed by atoms with Gasteiger partial charge in [-0.25, -0.2) is 14.8 Å². The quantitative estimate of drug-likeness (QED) is 0.640. The Bertz CT molecular complexity index is 1070. The Morgan fingerprint density at radius 1 is 1.17 bits per heavy atom. The number of ether oxygens (including phenoxy) is 2. The fourth-order valence-electron chi connectivity index (χ4n) is 3.41. The van der Waals surface area contributed by atoms with E-state index in [0.717, 1.165) is 0 Å². The summed E-state index contributed by atoms with van der Waals surface area (Å²) in [5.41, 5.74) is 1.72. The third-order valence-corrected chi connectivity index (χ3v) is 4.84. The van der Waals surface area contributed by atoms with E-state index in [1.165, 1.54) is 6.33 Å². The van der Waals surface area contributed by atoms with Gasteiger partial charge >= 0.3 is 5.97 Å². The van der Waals surface area contributed by atoms with Crippen LogP contribution in [0.2, 0.25) is 0 Å². The molecule has 0 radical (unpaired) electrons. The topological polar surface area (TPSA) is 107 Å². The summed E-state index contributed by atoms with van der Waals surface area (Å²) in [6.07, 6.45) is 1.44. The molecule has 4 rings (SSSR count). The van der Waals surface area contributed by atoms with E-state index in [9.17, 15) is 9.59 Å². The minimum absolute atomic E-state index is 0.303. The summed E-state index contributed by atoms with van der Waals surface area (Å²) in [6.45, 7) is 6.31. The SMILES string of the molecule is CCOC(=O)c1ccc(NC(=O)c2c(C)oc3ncnc(N4CCOCC4)c23)cc1.